The van der Waals surface area contributed by atoms with Crippen LogP contribution in [0.1, 0.15) is 49.3 Å². The minimum absolute atomic E-state index is 0.0435. The first-order valence-electron chi connectivity index (χ1n) is 11.1. The summed E-state index contributed by atoms with van der Waals surface area (Å²) >= 11 is 12.4. The molecule has 7 nitrogen and oxygen atoms in total. The molecule has 3 unspecified atom stereocenters. The summed E-state index contributed by atoms with van der Waals surface area (Å²) in [6.07, 6.45) is 0.201. The smallest absolute Gasteiger partial charge is 0.226 e. The maximum Gasteiger partial charge on any atom is 0.226 e. The number of benzene rings is 2. The lowest BCUT2D eigenvalue weighted by Crippen LogP contribution is -2.55. The molecule has 4 atom stereocenters. The molecule has 1 aliphatic rings. The number of nitrogens with zero attached hydrogens (tertiary/aromatic N) is 1. The summed E-state index contributed by atoms with van der Waals surface area (Å²) in [6, 6.07) is 13.8. The molecular weight excluding hydrogens is 499 g/mol. The van der Waals surface area contributed by atoms with Crippen molar-refractivity contribution in [2.24, 2.45) is 5.92 Å². The molecule has 2 aromatic carbocycles. The van der Waals surface area contributed by atoms with E-state index in [1.165, 1.54) is 0 Å². The molecule has 0 spiro atoms. The van der Waals surface area contributed by atoms with E-state index in [1.807, 2.05) is 37.3 Å². The molecule has 0 aromatic heterocycles. The second-order valence-corrected chi connectivity index (χ2v) is 11.4. The standard InChI is InChI=1S/C24H30Cl2N2O5S/c1-3-20(14-27-34(2,32)33)28-23(15-7-9-18(25)10-8-15)21(16-5-4-6-19(26)11-16)12-17(24(28)31)13-22(29)30/h4-11,17,20-23,27,29-30H,3,12-14H2,1-2H3/t17?,20?,21-,23?/m1/s1. The Morgan fingerprint density at radius 2 is 1.76 bits per heavy atom. The van der Waals surface area contributed by atoms with Gasteiger partial charge in [-0.1, -0.05) is 54.4 Å². The minimum atomic E-state index is -3.48. The predicted molar refractivity (Wildman–Crippen MR) is 133 cm³/mol. The fourth-order valence-corrected chi connectivity index (χ4v) is 5.55. The average molecular weight is 529 g/mol. The van der Waals surface area contributed by atoms with Crippen LogP contribution in [-0.4, -0.2) is 54.6 Å². The lowest BCUT2D eigenvalue weighted by atomic mass is 9.74. The van der Waals surface area contributed by atoms with Crippen LogP contribution in [0.4, 0.5) is 0 Å². The highest BCUT2D eigenvalue weighted by Crippen LogP contribution is 2.47. The van der Waals surface area contributed by atoms with E-state index in [4.69, 9.17) is 23.2 Å². The number of piperidine rings is 1. The Kier molecular flexibility index (Phi) is 9.00. The molecule has 186 valence electrons. The van der Waals surface area contributed by atoms with Gasteiger partial charge in [-0.05, 0) is 48.2 Å². The first-order valence-corrected chi connectivity index (χ1v) is 13.8. The van der Waals surface area contributed by atoms with Crippen molar-refractivity contribution in [1.82, 2.24) is 9.62 Å². The van der Waals surface area contributed by atoms with Gasteiger partial charge in [-0.15, -0.1) is 0 Å². The highest BCUT2D eigenvalue weighted by Gasteiger charge is 2.45. The van der Waals surface area contributed by atoms with Crippen molar-refractivity contribution in [1.29, 1.82) is 0 Å². The molecule has 0 aliphatic carbocycles. The number of carbonyl (C=O) groups is 1. The molecule has 1 aliphatic heterocycles. The van der Waals surface area contributed by atoms with E-state index < -0.39 is 34.3 Å². The van der Waals surface area contributed by atoms with Crippen molar-refractivity contribution in [3.8, 4) is 0 Å². The molecular formula is C24H30Cl2N2O5S. The topological polar surface area (TPSA) is 107 Å². The third kappa shape index (κ3) is 6.71. The van der Waals surface area contributed by atoms with Gasteiger partial charge in [0.2, 0.25) is 15.9 Å². The third-order valence-electron chi connectivity index (χ3n) is 6.25. The largest absolute Gasteiger partial charge is 0.368 e. The van der Waals surface area contributed by atoms with Gasteiger partial charge in [0.1, 0.15) is 0 Å². The summed E-state index contributed by atoms with van der Waals surface area (Å²) in [4.78, 5) is 15.5. The zero-order valence-corrected chi connectivity index (χ0v) is 21.4. The summed E-state index contributed by atoms with van der Waals surface area (Å²) in [6.45, 7) is 1.93. The van der Waals surface area contributed by atoms with Crippen LogP contribution in [0.5, 0.6) is 0 Å². The van der Waals surface area contributed by atoms with Gasteiger partial charge in [0.05, 0.1) is 12.3 Å². The summed E-state index contributed by atoms with van der Waals surface area (Å²) in [5.41, 5.74) is 1.76. The molecule has 10 heteroatoms. The van der Waals surface area contributed by atoms with Crippen LogP contribution in [0.15, 0.2) is 48.5 Å². The zero-order valence-electron chi connectivity index (χ0n) is 19.1. The molecule has 2 aromatic rings. The van der Waals surface area contributed by atoms with E-state index in [1.54, 1.807) is 23.1 Å². The van der Waals surface area contributed by atoms with E-state index >= 15 is 0 Å². The second-order valence-electron chi connectivity index (χ2n) is 8.74. The SMILES string of the molecule is CCC(CNS(C)(=O)=O)N1C(=O)C(CC(O)O)C[C@H](c2cccc(Cl)c2)C1c1ccc(Cl)cc1. The van der Waals surface area contributed by atoms with Crippen LogP contribution in [0.2, 0.25) is 10.0 Å². The van der Waals surface area contributed by atoms with Crippen LogP contribution < -0.4 is 4.72 Å². The number of sulfonamides is 1. The Morgan fingerprint density at radius 1 is 1.09 bits per heavy atom. The van der Waals surface area contributed by atoms with Gasteiger partial charge in [-0.3, -0.25) is 4.79 Å². The second kappa shape index (κ2) is 11.4. The van der Waals surface area contributed by atoms with Gasteiger partial charge in [0.15, 0.2) is 6.29 Å². The number of likely N-dealkylation sites (tertiary alicyclic amines) is 1. The minimum Gasteiger partial charge on any atom is -0.368 e. The zero-order chi connectivity index (χ0) is 25.0. The van der Waals surface area contributed by atoms with Gasteiger partial charge in [-0.25, -0.2) is 13.1 Å². The van der Waals surface area contributed by atoms with E-state index in [9.17, 15) is 23.4 Å². The van der Waals surface area contributed by atoms with Crippen LogP contribution in [0, 0.1) is 5.92 Å². The van der Waals surface area contributed by atoms with Crippen LogP contribution in [-0.2, 0) is 14.8 Å². The molecule has 1 fully saturated rings. The molecule has 0 radical (unpaired) electrons. The average Bonchev–Trinajstić information content (AvgIpc) is 2.76. The quantitative estimate of drug-likeness (QED) is 0.430. The molecule has 0 saturated carbocycles. The van der Waals surface area contributed by atoms with Crippen LogP contribution in [0.3, 0.4) is 0 Å². The van der Waals surface area contributed by atoms with E-state index in [2.05, 4.69) is 4.72 Å². The number of hydrogen-bond donors (Lipinski definition) is 3. The van der Waals surface area contributed by atoms with E-state index in [0.29, 0.717) is 22.9 Å². The molecule has 3 N–H and O–H groups in total. The summed E-state index contributed by atoms with van der Waals surface area (Å²) < 4.78 is 26.2. The summed E-state index contributed by atoms with van der Waals surface area (Å²) in [7, 11) is -3.48. The van der Waals surface area contributed by atoms with E-state index in [0.717, 1.165) is 17.4 Å². The number of aliphatic hydroxyl groups excluding tert-OH is 1. The fraction of sp³-hybridized carbons (Fsp3) is 0.458. The predicted octanol–water partition coefficient (Wildman–Crippen LogP) is 3.70. The van der Waals surface area contributed by atoms with Gasteiger partial charge in [0.25, 0.3) is 0 Å². The number of nitrogens with one attached hydrogen (secondary N) is 1. The van der Waals surface area contributed by atoms with Gasteiger partial charge >= 0.3 is 0 Å². The molecule has 3 rings (SSSR count). The number of rotatable bonds is 9. The number of hydrogen-bond acceptors (Lipinski definition) is 5. The first-order chi connectivity index (χ1) is 16.0. The van der Waals surface area contributed by atoms with Crippen molar-refractivity contribution < 1.29 is 23.4 Å². The van der Waals surface area contributed by atoms with Crippen molar-refractivity contribution in [2.45, 2.75) is 50.5 Å². The molecule has 34 heavy (non-hydrogen) atoms. The van der Waals surface area contributed by atoms with Gasteiger partial charge in [0, 0.05) is 40.9 Å². The normalized spacial score (nSPS) is 22.3. The lowest BCUT2D eigenvalue weighted by molar-refractivity contribution is -0.151. The third-order valence-corrected chi connectivity index (χ3v) is 7.43. The maximum atomic E-state index is 13.8. The van der Waals surface area contributed by atoms with Crippen molar-refractivity contribution >= 4 is 39.1 Å². The highest BCUT2D eigenvalue weighted by atomic mass is 35.5. The summed E-state index contributed by atoms with van der Waals surface area (Å²) in [5, 5.41) is 20.5. The van der Waals surface area contributed by atoms with Crippen LogP contribution >= 0.6 is 23.2 Å². The van der Waals surface area contributed by atoms with Crippen molar-refractivity contribution in [2.75, 3.05) is 12.8 Å². The van der Waals surface area contributed by atoms with Crippen molar-refractivity contribution in [3.05, 3.63) is 69.7 Å². The Bertz CT molecular complexity index is 1090. The highest BCUT2D eigenvalue weighted by molar-refractivity contribution is 7.88. The molecule has 1 amide bonds. The number of aliphatic hydroxyl groups is 2. The van der Waals surface area contributed by atoms with Gasteiger partial charge in [-0.2, -0.15) is 0 Å². The fourth-order valence-electron chi connectivity index (χ4n) is 4.73. The molecule has 0 bridgehead atoms. The first kappa shape index (κ1) is 26.9. The van der Waals surface area contributed by atoms with Gasteiger partial charge < -0.3 is 15.1 Å². The monoisotopic (exact) mass is 528 g/mol. The van der Waals surface area contributed by atoms with Crippen LogP contribution in [0.25, 0.3) is 0 Å². The van der Waals surface area contributed by atoms with E-state index in [-0.39, 0.29) is 24.8 Å². The Labute approximate surface area is 210 Å². The molecule has 1 heterocycles. The lowest BCUT2D eigenvalue weighted by Gasteiger charge is -2.48. The number of carbonyl (C=O) groups excluding carboxylic acids is 1. The molecule has 1 saturated heterocycles. The Balaban J connectivity index is 2.15. The Hall–Kier alpha value is -1.68. The Morgan fingerprint density at radius 3 is 2.32 bits per heavy atom. The maximum absolute atomic E-state index is 13.8. The number of halogens is 2. The summed E-state index contributed by atoms with van der Waals surface area (Å²) in [5.74, 6) is -1.11. The number of amides is 1. The van der Waals surface area contributed by atoms with Crippen molar-refractivity contribution in [3.63, 3.8) is 0 Å².